The fraction of sp³-hybridized carbons (Fsp3) is 0.326. The van der Waals surface area contributed by atoms with Gasteiger partial charge in [0.1, 0.15) is 0 Å². The number of fused-ring (bicyclic) bond motifs is 8. The molecule has 4 aliphatic rings. The maximum Gasteiger partial charge on any atom is 0.305 e. The summed E-state index contributed by atoms with van der Waals surface area (Å²) < 4.78 is 5.04. The van der Waals surface area contributed by atoms with Crippen LogP contribution in [0.25, 0.3) is 33.3 Å². The van der Waals surface area contributed by atoms with E-state index in [1.54, 1.807) is 0 Å². The van der Waals surface area contributed by atoms with E-state index in [9.17, 15) is 14.4 Å². The number of rotatable bonds is 7. The molecule has 3 aromatic rings. The molecule has 8 bridgehead atoms. The Kier molecular flexibility index (Phi) is 8.85. The monoisotopic (exact) mass is 695 g/mol. The second-order valence-electron chi connectivity index (χ2n) is 14.4. The molecule has 1 aromatic carbocycles. The first-order valence-corrected chi connectivity index (χ1v) is 18.0. The van der Waals surface area contributed by atoms with Crippen molar-refractivity contribution in [3.63, 3.8) is 0 Å². The summed E-state index contributed by atoms with van der Waals surface area (Å²) in [6, 6.07) is 12.2. The minimum atomic E-state index is -0.392. The Morgan fingerprint density at radius 3 is 2.23 bits per heavy atom. The predicted octanol–water partition coefficient (Wildman–Crippen LogP) is 9.06. The molecule has 2 atom stereocenters. The van der Waals surface area contributed by atoms with Crippen LogP contribution in [-0.2, 0) is 16.1 Å². The van der Waals surface area contributed by atoms with E-state index in [2.05, 4.69) is 43.4 Å². The largest absolute Gasteiger partial charge is 0.469 e. The number of esters is 1. The van der Waals surface area contributed by atoms with E-state index in [1.165, 1.54) is 12.0 Å². The molecule has 9 heteroatoms. The molecule has 2 amide bonds. The number of methoxy groups -OCH3 is 1. The van der Waals surface area contributed by atoms with Gasteiger partial charge in [0.15, 0.2) is 0 Å². The molecule has 0 spiro atoms. The molecular formula is C43H45N5O4. The molecule has 0 radical (unpaired) electrons. The highest BCUT2D eigenvalue weighted by atomic mass is 16.5. The number of aryl methyl sites for hydroxylation is 3. The maximum absolute atomic E-state index is 14.9. The molecular weight excluding hydrogens is 651 g/mol. The first-order chi connectivity index (χ1) is 24.8. The number of nitrogens with one attached hydrogen (secondary N) is 2. The van der Waals surface area contributed by atoms with Crippen molar-refractivity contribution in [1.29, 1.82) is 0 Å². The van der Waals surface area contributed by atoms with E-state index < -0.39 is 5.91 Å². The smallest absolute Gasteiger partial charge is 0.305 e. The molecule has 266 valence electrons. The number of aromatic amines is 2. The zero-order valence-corrected chi connectivity index (χ0v) is 31.2. The van der Waals surface area contributed by atoms with Crippen molar-refractivity contribution in [2.24, 2.45) is 0 Å². The van der Waals surface area contributed by atoms with Crippen LogP contribution in [-0.4, -0.2) is 49.7 Å². The van der Waals surface area contributed by atoms with Gasteiger partial charge in [-0.15, -0.1) is 0 Å². The van der Waals surface area contributed by atoms with Gasteiger partial charge in [-0.25, -0.2) is 9.97 Å². The molecule has 2 N–H and O–H groups in total. The van der Waals surface area contributed by atoms with Gasteiger partial charge in [0, 0.05) is 40.7 Å². The number of hydrogen-bond donors (Lipinski definition) is 2. The predicted molar refractivity (Wildman–Crippen MR) is 205 cm³/mol. The topological polar surface area (TPSA) is 121 Å². The Morgan fingerprint density at radius 1 is 0.885 bits per heavy atom. The molecule has 7 rings (SSSR count). The number of benzene rings is 1. The van der Waals surface area contributed by atoms with Crippen molar-refractivity contribution in [3.8, 4) is 0 Å². The highest BCUT2D eigenvalue weighted by molar-refractivity contribution is 6.23. The van der Waals surface area contributed by atoms with E-state index in [-0.39, 0.29) is 36.7 Å². The van der Waals surface area contributed by atoms with Crippen LogP contribution in [0.3, 0.4) is 0 Å². The Balaban J connectivity index is 1.60. The molecule has 0 unspecified atom stereocenters. The highest BCUT2D eigenvalue weighted by Gasteiger charge is 2.40. The van der Waals surface area contributed by atoms with E-state index in [0.29, 0.717) is 34.3 Å². The lowest BCUT2D eigenvalue weighted by Crippen LogP contribution is -2.40. The number of ether oxygens (including phenoxy) is 1. The lowest BCUT2D eigenvalue weighted by Gasteiger charge is -2.27. The van der Waals surface area contributed by atoms with Crippen molar-refractivity contribution in [2.45, 2.75) is 86.1 Å². The normalized spacial score (nSPS) is 17.6. The van der Waals surface area contributed by atoms with Crippen LogP contribution >= 0.6 is 0 Å². The van der Waals surface area contributed by atoms with Crippen LogP contribution in [0.5, 0.6) is 0 Å². The van der Waals surface area contributed by atoms with Gasteiger partial charge in [0.05, 0.1) is 53.1 Å². The average molecular weight is 696 g/mol. The van der Waals surface area contributed by atoms with Crippen LogP contribution in [0.1, 0.15) is 136 Å². The standard InChI is InChI=1S/C43H45N5O4/c1-10-28-23(5)31-17-33-25(7)30(12-13-37(49)52-9)40(46-33)39-41-38(42(50)48(43(39)51)20-27-15-21(3)14-22(4)16-27)26(8)34(47-41)19-36-29(11-2)24(6)32(45-36)18-35(28)44-31/h10,14-19,25,30,46-47H,1,11-13,20H2,2-9H3/t25-,30-/m0/s1. The Hall–Kier alpha value is -5.57. The summed E-state index contributed by atoms with van der Waals surface area (Å²) in [5.41, 5.74) is 14.6. The summed E-state index contributed by atoms with van der Waals surface area (Å²) in [6.45, 7) is 18.5. The van der Waals surface area contributed by atoms with Gasteiger partial charge in [-0.1, -0.05) is 55.8 Å². The van der Waals surface area contributed by atoms with Crippen molar-refractivity contribution in [3.05, 3.63) is 117 Å². The zero-order valence-electron chi connectivity index (χ0n) is 31.2. The van der Waals surface area contributed by atoms with Crippen LogP contribution in [0.15, 0.2) is 49.1 Å². The van der Waals surface area contributed by atoms with E-state index >= 15 is 0 Å². The van der Waals surface area contributed by atoms with E-state index in [4.69, 9.17) is 14.7 Å². The summed E-state index contributed by atoms with van der Waals surface area (Å²) in [6.07, 6.45) is 3.20. The van der Waals surface area contributed by atoms with Crippen LogP contribution in [0.2, 0.25) is 0 Å². The zero-order chi connectivity index (χ0) is 37.2. The molecule has 6 heterocycles. The summed E-state index contributed by atoms with van der Waals surface area (Å²) >= 11 is 0. The molecule has 0 fully saturated rings. The molecule has 0 aliphatic carbocycles. The number of hydrogen-bond acceptors (Lipinski definition) is 6. The number of imide groups is 1. The number of H-pyrrole nitrogens is 2. The van der Waals surface area contributed by atoms with Crippen LogP contribution < -0.4 is 0 Å². The number of carbonyl (C=O) groups is 3. The highest BCUT2D eigenvalue weighted by Crippen LogP contribution is 2.45. The first-order valence-electron chi connectivity index (χ1n) is 18.0. The molecule has 52 heavy (non-hydrogen) atoms. The minimum absolute atomic E-state index is 0.115. The maximum atomic E-state index is 14.9. The van der Waals surface area contributed by atoms with Gasteiger partial charge < -0.3 is 14.7 Å². The third-order valence-electron chi connectivity index (χ3n) is 11.1. The molecule has 0 saturated carbocycles. The minimum Gasteiger partial charge on any atom is -0.469 e. The Labute approximate surface area is 304 Å². The van der Waals surface area contributed by atoms with Gasteiger partial charge in [0.2, 0.25) is 0 Å². The van der Waals surface area contributed by atoms with Gasteiger partial charge in [-0.2, -0.15) is 0 Å². The van der Waals surface area contributed by atoms with Gasteiger partial charge in [0.25, 0.3) is 11.8 Å². The lowest BCUT2D eigenvalue weighted by molar-refractivity contribution is -0.140. The van der Waals surface area contributed by atoms with Crippen molar-refractivity contribution in [1.82, 2.24) is 24.8 Å². The van der Waals surface area contributed by atoms with Crippen molar-refractivity contribution >= 4 is 51.1 Å². The van der Waals surface area contributed by atoms with E-state index in [0.717, 1.165) is 79.4 Å². The summed E-state index contributed by atoms with van der Waals surface area (Å²) in [4.78, 5) is 60.7. The Bertz CT molecular complexity index is 2350. The summed E-state index contributed by atoms with van der Waals surface area (Å²) in [5.74, 6) is -1.43. The number of allylic oxidation sites excluding steroid dienone is 5. The molecule has 2 aromatic heterocycles. The second-order valence-corrected chi connectivity index (χ2v) is 14.4. The average Bonchev–Trinajstić information content (AvgIpc) is 3.78. The fourth-order valence-corrected chi connectivity index (χ4v) is 8.29. The quantitative estimate of drug-likeness (QED) is 0.188. The lowest BCUT2D eigenvalue weighted by atomic mass is 9.84. The third-order valence-corrected chi connectivity index (χ3v) is 11.1. The Morgan fingerprint density at radius 2 is 1.56 bits per heavy atom. The van der Waals surface area contributed by atoms with Crippen LogP contribution in [0, 0.1) is 20.8 Å². The SMILES string of the molecule is C=CC1=C(C)c2cc3[nH]c(c4c5[nH]c(cc6nc(cc1n2)C(C)=C6CC)c(C)c5C(=O)N(Cc1cc(C)cc(C)c1)C4=O)[C@@H](CCC(=O)OC)[C@@H]3C. The number of nitrogens with zero attached hydrogens (tertiary/aromatic N) is 3. The summed E-state index contributed by atoms with van der Waals surface area (Å²) in [5, 5.41) is 0. The van der Waals surface area contributed by atoms with E-state index in [1.807, 2.05) is 64.1 Å². The molecule has 0 saturated heterocycles. The van der Waals surface area contributed by atoms with Crippen molar-refractivity contribution < 1.29 is 19.1 Å². The molecule has 9 nitrogen and oxygen atoms in total. The first kappa shape index (κ1) is 34.9. The molecule has 4 aliphatic heterocycles. The summed E-state index contributed by atoms with van der Waals surface area (Å²) in [7, 11) is 1.38. The second kappa shape index (κ2) is 13.2. The number of aromatic nitrogens is 4. The number of amides is 2. The van der Waals surface area contributed by atoms with Crippen LogP contribution in [0.4, 0.5) is 0 Å². The van der Waals surface area contributed by atoms with Gasteiger partial charge in [-0.05, 0) is 93.5 Å². The van der Waals surface area contributed by atoms with Gasteiger partial charge in [-0.3, -0.25) is 19.3 Å². The fourth-order valence-electron chi connectivity index (χ4n) is 8.29. The third kappa shape index (κ3) is 5.68. The number of carbonyl (C=O) groups excluding carboxylic acids is 3. The van der Waals surface area contributed by atoms with Gasteiger partial charge >= 0.3 is 5.97 Å². The van der Waals surface area contributed by atoms with Crippen molar-refractivity contribution in [2.75, 3.05) is 7.11 Å².